The number of unbranched alkanes of at least 4 members (excludes halogenated alkanes) is 1. The number of phenolic OH excluding ortho intramolecular Hbond substituents is 1. The lowest BCUT2D eigenvalue weighted by Crippen LogP contribution is -2.40. The molecule has 4 N–H and O–H groups in total. The lowest BCUT2D eigenvalue weighted by molar-refractivity contribution is -0.686. The van der Waals surface area contributed by atoms with Gasteiger partial charge in [0, 0.05) is 71.9 Å². The average molecular weight is 1150 g/mol. The number of sulfonamides is 1. The van der Waals surface area contributed by atoms with Crippen molar-refractivity contribution in [1.29, 1.82) is 0 Å². The number of esters is 1. The Morgan fingerprint density at radius 3 is 2.46 bits per heavy atom. The number of likely N-dealkylation sites (N-methyl/N-ethyl adjacent to an activating group) is 2. The van der Waals surface area contributed by atoms with E-state index in [9.17, 15) is 32.7 Å². The quantitative estimate of drug-likeness (QED) is 0.0184. The first-order valence-corrected chi connectivity index (χ1v) is 29.2. The molecule has 5 heterocycles. The number of aryl methyl sites for hydroxylation is 2. The lowest BCUT2D eigenvalue weighted by atomic mass is 9.86. The first-order valence-electron chi connectivity index (χ1n) is 27.6. The van der Waals surface area contributed by atoms with Gasteiger partial charge in [0.1, 0.15) is 30.3 Å². The number of hydrogen-bond acceptors (Lipinski definition) is 17. The molecule has 1 fully saturated rings. The molecular formula is C59H67N12O11S+. The van der Waals surface area contributed by atoms with Gasteiger partial charge in [0.15, 0.2) is 36.6 Å². The molecule has 83 heavy (non-hydrogen) atoms. The number of amides is 3. The van der Waals surface area contributed by atoms with Gasteiger partial charge in [-0.2, -0.15) is 14.8 Å². The SMILES string of the molecule is CNS(=O)(=O)CC1CCC(N(C)c2ncnc3c2ccn3C(=O)N(C)CCN(C)C(=O)OCc2ccc(N=Nc3ccc(O)c(C(=O)NCCCCC(=O)Oc4c(OC)ccc5cc6[n+](cc45)CCc4cc5c(cc4-6)OCN5)c3)cc2)CC1. The maximum Gasteiger partial charge on any atom is 0.409 e. The zero-order valence-electron chi connectivity index (χ0n) is 47.0. The minimum Gasteiger partial charge on any atom is -0.507 e. The molecule has 4 aromatic carbocycles. The molecule has 2 aliphatic heterocycles. The van der Waals surface area contributed by atoms with Crippen LogP contribution in [0.3, 0.4) is 0 Å². The van der Waals surface area contributed by atoms with Crippen LogP contribution in [0.4, 0.5) is 32.5 Å². The van der Waals surface area contributed by atoms with E-state index in [1.807, 2.05) is 25.4 Å². The number of phenols is 1. The van der Waals surface area contributed by atoms with Crippen LogP contribution in [0.15, 0.2) is 108 Å². The van der Waals surface area contributed by atoms with E-state index in [-0.39, 0.29) is 67.7 Å². The van der Waals surface area contributed by atoms with Crippen molar-refractivity contribution in [2.24, 2.45) is 16.1 Å². The fourth-order valence-corrected chi connectivity index (χ4v) is 11.8. The Hall–Kier alpha value is -8.90. The summed E-state index contributed by atoms with van der Waals surface area (Å²) in [6.45, 7) is 1.83. The third-order valence-corrected chi connectivity index (χ3v) is 17.1. The Balaban J connectivity index is 0.647. The number of ether oxygens (including phenoxy) is 4. The van der Waals surface area contributed by atoms with Crippen molar-refractivity contribution in [1.82, 2.24) is 34.4 Å². The van der Waals surface area contributed by atoms with Gasteiger partial charge in [0.25, 0.3) is 5.91 Å². The van der Waals surface area contributed by atoms with Gasteiger partial charge in [0.2, 0.25) is 15.7 Å². The first-order chi connectivity index (χ1) is 40.1. The van der Waals surface area contributed by atoms with Crippen molar-refractivity contribution >= 4 is 78.7 Å². The van der Waals surface area contributed by atoms with Gasteiger partial charge in [-0.05, 0) is 129 Å². The van der Waals surface area contributed by atoms with Gasteiger partial charge in [-0.3, -0.25) is 14.2 Å². The maximum absolute atomic E-state index is 13.6. The molecule has 0 spiro atoms. The lowest BCUT2D eigenvalue weighted by Gasteiger charge is -2.35. The molecule has 3 aliphatic rings. The van der Waals surface area contributed by atoms with Crippen molar-refractivity contribution in [2.75, 3.05) is 77.6 Å². The molecule has 23 nitrogen and oxygen atoms in total. The molecule has 0 bridgehead atoms. The number of carbonyl (C=O) groups is 4. The van der Waals surface area contributed by atoms with E-state index in [1.54, 1.807) is 50.6 Å². The summed E-state index contributed by atoms with van der Waals surface area (Å²) in [6.07, 6.45) is 9.56. The molecule has 3 aromatic heterocycles. The summed E-state index contributed by atoms with van der Waals surface area (Å²) in [5.74, 6) is 1.35. The summed E-state index contributed by atoms with van der Waals surface area (Å²) >= 11 is 0. The van der Waals surface area contributed by atoms with E-state index >= 15 is 0 Å². The van der Waals surface area contributed by atoms with Gasteiger partial charge in [0.05, 0.1) is 51.8 Å². The summed E-state index contributed by atoms with van der Waals surface area (Å²) in [5.41, 5.74) is 6.38. The molecule has 0 atom stereocenters. The van der Waals surface area contributed by atoms with Gasteiger partial charge in [-0.15, -0.1) is 0 Å². The van der Waals surface area contributed by atoms with Crippen LogP contribution in [0, 0.1) is 5.92 Å². The number of carbonyl (C=O) groups excluding carboxylic acids is 4. The van der Waals surface area contributed by atoms with E-state index in [2.05, 4.69) is 63.2 Å². The van der Waals surface area contributed by atoms with Crippen LogP contribution in [0.5, 0.6) is 23.0 Å². The second-order valence-corrected chi connectivity index (χ2v) is 23.0. The first kappa shape index (κ1) is 57.3. The molecule has 1 aliphatic carbocycles. The van der Waals surface area contributed by atoms with E-state index in [0.29, 0.717) is 64.9 Å². The Kier molecular flexibility index (Phi) is 17.3. The molecule has 0 saturated heterocycles. The predicted octanol–water partition coefficient (Wildman–Crippen LogP) is 8.20. The number of rotatable bonds is 20. The van der Waals surface area contributed by atoms with Gasteiger partial charge in [-0.1, -0.05) is 12.1 Å². The minimum atomic E-state index is -3.28. The van der Waals surface area contributed by atoms with Crippen LogP contribution in [-0.4, -0.2) is 135 Å². The van der Waals surface area contributed by atoms with Gasteiger partial charge >= 0.3 is 18.1 Å². The summed E-state index contributed by atoms with van der Waals surface area (Å²) < 4.78 is 53.1. The third-order valence-electron chi connectivity index (χ3n) is 15.5. The number of aromatic hydroxyl groups is 1. The van der Waals surface area contributed by atoms with Crippen molar-refractivity contribution < 1.29 is 56.2 Å². The number of azo groups is 1. The highest BCUT2D eigenvalue weighted by atomic mass is 32.2. The van der Waals surface area contributed by atoms with Crippen LogP contribution in [0.25, 0.3) is 33.1 Å². The van der Waals surface area contributed by atoms with Crippen LogP contribution in [0.2, 0.25) is 0 Å². The fourth-order valence-electron chi connectivity index (χ4n) is 10.7. The number of anilines is 2. The van der Waals surface area contributed by atoms with Crippen LogP contribution < -0.4 is 39.0 Å². The smallest absolute Gasteiger partial charge is 0.409 e. The van der Waals surface area contributed by atoms with Crippen molar-refractivity contribution in [3.63, 3.8) is 0 Å². The fraction of sp³-hybridized carbons (Fsp3) is 0.373. The Labute approximate surface area is 480 Å². The third kappa shape index (κ3) is 13.1. The molecule has 0 unspecified atom stereocenters. The van der Waals surface area contributed by atoms with Gasteiger partial charge < -0.3 is 49.4 Å². The number of benzene rings is 4. The van der Waals surface area contributed by atoms with E-state index in [0.717, 1.165) is 72.1 Å². The van der Waals surface area contributed by atoms with Crippen LogP contribution >= 0.6 is 0 Å². The number of fused-ring (bicyclic) bond motifs is 6. The van der Waals surface area contributed by atoms with Crippen LogP contribution in [0.1, 0.15) is 66.4 Å². The number of methoxy groups -OCH3 is 1. The number of nitrogens with zero attached hydrogens (tertiary/aromatic N) is 9. The zero-order chi connectivity index (χ0) is 58.4. The number of hydrogen-bond donors (Lipinski definition) is 4. The molecule has 434 valence electrons. The number of pyridine rings is 1. The molecule has 24 heteroatoms. The Bertz CT molecular complexity index is 3740. The topological polar surface area (TPSA) is 265 Å². The highest BCUT2D eigenvalue weighted by Gasteiger charge is 2.31. The van der Waals surface area contributed by atoms with E-state index < -0.39 is 28.0 Å². The number of nitrogens with one attached hydrogen (secondary N) is 3. The average Bonchev–Trinajstić information content (AvgIpc) is 4.39. The molecule has 0 radical (unpaired) electrons. The van der Waals surface area contributed by atoms with Crippen molar-refractivity contribution in [2.45, 2.75) is 70.6 Å². The summed E-state index contributed by atoms with van der Waals surface area (Å²) in [7, 11) is 4.89. The highest BCUT2D eigenvalue weighted by Crippen LogP contribution is 2.41. The highest BCUT2D eigenvalue weighted by molar-refractivity contribution is 7.89. The molecule has 1 saturated carbocycles. The van der Waals surface area contributed by atoms with Crippen molar-refractivity contribution in [3.8, 4) is 34.3 Å². The standard InChI is InChI=1S/C59H66N12O11S/c1-60-83(77,78)34-38-11-17-43(18-12-38)69(4)55-44-22-25-71(56(44)63-35-62-55)58(75)67(2)26-27-68(3)59(76)80-33-37-9-14-41(15-10-37)65-66-42-16-19-50(72)46(30-42)57(74)61-23-7-6-8-53(73)82-54-47-32-70-24-21-40-28-48-52(81-36-64-48)31-45(40)49(70)29-39(47)13-20-51(54)79-5/h9-10,13-16,19-20,22,25,28-32,35,38,43,60H,6-8,11-12,17-18,21,23-24,26-27,33-34,36H2,1-5H3,(H2,61,65,72,74)/p+1. The number of aromatic nitrogens is 4. The second kappa shape index (κ2) is 25.1. The molecule has 3 amide bonds. The summed E-state index contributed by atoms with van der Waals surface area (Å²) in [6, 6.07) is 22.9. The minimum absolute atomic E-state index is 0.0135. The summed E-state index contributed by atoms with van der Waals surface area (Å²) in [5, 5.41) is 27.5. The Morgan fingerprint density at radius 2 is 1.67 bits per heavy atom. The van der Waals surface area contributed by atoms with E-state index in [4.69, 9.17) is 18.9 Å². The van der Waals surface area contributed by atoms with E-state index in [1.165, 1.54) is 58.6 Å². The second-order valence-electron chi connectivity index (χ2n) is 21.0. The summed E-state index contributed by atoms with van der Waals surface area (Å²) in [4.78, 5) is 67.0. The van der Waals surface area contributed by atoms with Gasteiger partial charge in [-0.25, -0.2) is 32.7 Å². The molecule has 7 aromatic rings. The molecular weight excluding hydrogens is 1080 g/mol. The largest absolute Gasteiger partial charge is 0.507 e. The van der Waals surface area contributed by atoms with Crippen LogP contribution in [-0.2, 0) is 39.1 Å². The monoisotopic (exact) mass is 1150 g/mol. The van der Waals surface area contributed by atoms with Crippen molar-refractivity contribution in [3.05, 3.63) is 114 Å². The maximum atomic E-state index is 13.6. The zero-order valence-corrected chi connectivity index (χ0v) is 47.8. The predicted molar refractivity (Wildman–Crippen MR) is 310 cm³/mol. The molecule has 10 rings (SSSR count). The normalized spacial score (nSPS) is 15.4. The Morgan fingerprint density at radius 1 is 0.904 bits per heavy atom.